The van der Waals surface area contributed by atoms with Crippen LogP contribution in [0.2, 0.25) is 5.02 Å². The van der Waals surface area contributed by atoms with E-state index in [1.807, 2.05) is 6.92 Å². The molecule has 8 nitrogen and oxygen atoms in total. The second-order valence-electron chi connectivity index (χ2n) is 7.51. The van der Waals surface area contributed by atoms with Crippen LogP contribution in [0.5, 0.6) is 17.2 Å². The first-order chi connectivity index (χ1) is 16.9. The van der Waals surface area contributed by atoms with Crippen molar-refractivity contribution in [2.75, 3.05) is 32.2 Å². The monoisotopic (exact) mass is 518 g/mol. The quantitative estimate of drug-likeness (QED) is 0.305. The molecule has 1 N–H and O–H groups in total. The molecule has 2 aromatic rings. The maximum Gasteiger partial charge on any atom is 0.294 e. The molecule has 0 aromatic heterocycles. The van der Waals surface area contributed by atoms with Crippen LogP contribution in [0.1, 0.15) is 32.3 Å². The number of hydrogen-bond donors (Lipinski definition) is 1. The number of anilines is 1. The Labute approximate surface area is 213 Å². The lowest BCUT2D eigenvalue weighted by atomic mass is 10.2. The number of imide groups is 1. The Hall–Kier alpha value is -3.17. The van der Waals surface area contributed by atoms with Crippen LogP contribution in [0.25, 0.3) is 6.08 Å². The molecule has 1 fully saturated rings. The van der Waals surface area contributed by atoms with Crippen molar-refractivity contribution in [2.24, 2.45) is 0 Å². The Bertz CT molecular complexity index is 1140. The van der Waals surface area contributed by atoms with Crippen LogP contribution in [0.3, 0.4) is 0 Å². The van der Waals surface area contributed by atoms with E-state index in [9.17, 15) is 14.4 Å². The van der Waals surface area contributed by atoms with Gasteiger partial charge in [-0.1, -0.05) is 31.0 Å². The highest BCUT2D eigenvalue weighted by molar-refractivity contribution is 8.18. The number of carbonyl (C=O) groups is 3. The molecule has 3 rings (SSSR count). The summed E-state index contributed by atoms with van der Waals surface area (Å²) in [6.45, 7) is 4.58. The maximum absolute atomic E-state index is 12.8. The van der Waals surface area contributed by atoms with E-state index in [0.717, 1.165) is 29.5 Å². The molecule has 0 atom stereocenters. The average molecular weight is 519 g/mol. The molecule has 0 radical (unpaired) electrons. The van der Waals surface area contributed by atoms with Crippen LogP contribution in [0.15, 0.2) is 41.3 Å². The lowest BCUT2D eigenvalue weighted by molar-refractivity contribution is -0.127. The topological polar surface area (TPSA) is 94.2 Å². The number of nitrogens with zero attached hydrogens (tertiary/aromatic N) is 1. The zero-order valence-corrected chi connectivity index (χ0v) is 21.3. The van der Waals surface area contributed by atoms with Gasteiger partial charge in [0.2, 0.25) is 5.91 Å². The number of carbonyl (C=O) groups excluding carboxylic acids is 3. The number of rotatable bonds is 11. The van der Waals surface area contributed by atoms with E-state index in [1.165, 1.54) is 13.2 Å². The van der Waals surface area contributed by atoms with Gasteiger partial charge in [-0.15, -0.1) is 0 Å². The molecule has 1 heterocycles. The van der Waals surface area contributed by atoms with Crippen LogP contribution in [-0.2, 0) is 9.59 Å². The lowest BCUT2D eigenvalue weighted by Crippen LogP contribution is -2.36. The van der Waals surface area contributed by atoms with Crippen molar-refractivity contribution in [1.29, 1.82) is 0 Å². The predicted octanol–water partition coefficient (Wildman–Crippen LogP) is 5.60. The number of halogens is 1. The molecule has 10 heteroatoms. The van der Waals surface area contributed by atoms with Gasteiger partial charge in [-0.3, -0.25) is 19.3 Å². The fourth-order valence-electron chi connectivity index (χ4n) is 3.20. The van der Waals surface area contributed by atoms with Gasteiger partial charge in [0.1, 0.15) is 12.3 Å². The summed E-state index contributed by atoms with van der Waals surface area (Å²) in [4.78, 5) is 38.9. The molecular weight excluding hydrogens is 492 g/mol. The van der Waals surface area contributed by atoms with Crippen molar-refractivity contribution in [3.63, 3.8) is 0 Å². The van der Waals surface area contributed by atoms with Crippen molar-refractivity contribution in [1.82, 2.24) is 4.90 Å². The number of benzene rings is 2. The maximum atomic E-state index is 12.8. The Morgan fingerprint density at radius 1 is 1.09 bits per heavy atom. The zero-order chi connectivity index (χ0) is 25.4. The summed E-state index contributed by atoms with van der Waals surface area (Å²) in [6, 6.07) is 10.1. The van der Waals surface area contributed by atoms with Crippen LogP contribution in [0, 0.1) is 0 Å². The summed E-state index contributed by atoms with van der Waals surface area (Å²) < 4.78 is 16.5. The highest BCUT2D eigenvalue weighted by atomic mass is 35.5. The van der Waals surface area contributed by atoms with Gasteiger partial charge in [-0.2, -0.15) is 0 Å². The summed E-state index contributed by atoms with van der Waals surface area (Å²) in [5.74, 6) is 0.593. The molecule has 2 aromatic carbocycles. The molecule has 0 spiro atoms. The summed E-state index contributed by atoms with van der Waals surface area (Å²) in [6.07, 6.45) is 3.55. The first kappa shape index (κ1) is 26.4. The number of hydrogen-bond acceptors (Lipinski definition) is 7. The molecule has 0 bridgehead atoms. The van der Waals surface area contributed by atoms with Crippen molar-refractivity contribution in [3.05, 3.63) is 51.9 Å². The van der Waals surface area contributed by atoms with Gasteiger partial charge in [-0.05, 0) is 67.1 Å². The summed E-state index contributed by atoms with van der Waals surface area (Å²) in [7, 11) is 1.49. The Balaban J connectivity index is 1.69. The van der Waals surface area contributed by atoms with E-state index >= 15 is 0 Å². The first-order valence-corrected chi connectivity index (χ1v) is 12.3. The molecule has 0 unspecified atom stereocenters. The third-order valence-electron chi connectivity index (χ3n) is 4.93. The fourth-order valence-corrected chi connectivity index (χ4v) is 4.30. The fraction of sp³-hybridized carbons (Fsp3) is 0.320. The summed E-state index contributed by atoms with van der Waals surface area (Å²) in [5.41, 5.74) is 1.10. The smallest absolute Gasteiger partial charge is 0.294 e. The molecule has 3 amide bonds. The minimum atomic E-state index is -0.538. The van der Waals surface area contributed by atoms with Crippen LogP contribution >= 0.6 is 23.4 Å². The number of amides is 3. The molecule has 0 aliphatic carbocycles. The number of thioether (sulfide) groups is 1. The molecule has 186 valence electrons. The largest absolute Gasteiger partial charge is 0.495 e. The minimum Gasteiger partial charge on any atom is -0.495 e. The lowest BCUT2D eigenvalue weighted by Gasteiger charge is -2.13. The van der Waals surface area contributed by atoms with Gasteiger partial charge in [-0.25, -0.2) is 0 Å². The second-order valence-corrected chi connectivity index (χ2v) is 8.91. The Morgan fingerprint density at radius 2 is 1.86 bits per heavy atom. The number of methoxy groups -OCH3 is 1. The van der Waals surface area contributed by atoms with Gasteiger partial charge in [0.05, 0.1) is 30.3 Å². The molecule has 1 aliphatic rings. The standard InChI is InChI=1S/C25H27ClN2O6S/c1-4-6-11-34-20-9-7-16(12-21(20)33-5-2)13-22-24(30)28(25(31)35-22)15-23(29)27-17-8-10-19(32-3)18(26)14-17/h7-10,12-14H,4-6,11,15H2,1-3H3,(H,27,29)/b22-13-. The van der Waals surface area contributed by atoms with Gasteiger partial charge < -0.3 is 19.5 Å². The minimum absolute atomic E-state index is 0.220. The predicted molar refractivity (Wildman–Crippen MR) is 137 cm³/mol. The Morgan fingerprint density at radius 3 is 2.54 bits per heavy atom. The molecule has 0 saturated carbocycles. The SMILES string of the molecule is CCCCOc1ccc(/C=C2\SC(=O)N(CC(=O)Nc3ccc(OC)c(Cl)c3)C2=O)cc1OCC. The van der Waals surface area contributed by atoms with E-state index in [1.54, 1.807) is 36.4 Å². The highest BCUT2D eigenvalue weighted by Crippen LogP contribution is 2.35. The summed E-state index contributed by atoms with van der Waals surface area (Å²) in [5, 5.41) is 2.44. The first-order valence-electron chi connectivity index (χ1n) is 11.1. The van der Waals surface area contributed by atoms with Gasteiger partial charge in [0.25, 0.3) is 11.1 Å². The average Bonchev–Trinajstić information content (AvgIpc) is 3.08. The Kier molecular flexibility index (Phi) is 9.45. The number of ether oxygens (including phenoxy) is 3. The number of nitrogens with one attached hydrogen (secondary N) is 1. The van der Waals surface area contributed by atoms with Gasteiger partial charge in [0, 0.05) is 5.69 Å². The molecule has 1 saturated heterocycles. The summed E-state index contributed by atoms with van der Waals surface area (Å²) >= 11 is 6.86. The van der Waals surface area contributed by atoms with Gasteiger partial charge >= 0.3 is 0 Å². The van der Waals surface area contributed by atoms with E-state index in [0.29, 0.717) is 46.7 Å². The van der Waals surface area contributed by atoms with E-state index in [4.69, 9.17) is 25.8 Å². The zero-order valence-electron chi connectivity index (χ0n) is 19.8. The third kappa shape index (κ3) is 6.93. The van der Waals surface area contributed by atoms with E-state index < -0.39 is 23.6 Å². The van der Waals surface area contributed by atoms with Gasteiger partial charge in [0.15, 0.2) is 11.5 Å². The highest BCUT2D eigenvalue weighted by Gasteiger charge is 2.36. The van der Waals surface area contributed by atoms with Crippen molar-refractivity contribution in [2.45, 2.75) is 26.7 Å². The second kappa shape index (κ2) is 12.5. The molecular formula is C25H27ClN2O6S. The normalized spacial score (nSPS) is 14.4. The third-order valence-corrected chi connectivity index (χ3v) is 6.13. The van der Waals surface area contributed by atoms with E-state index in [2.05, 4.69) is 12.2 Å². The molecule has 35 heavy (non-hydrogen) atoms. The van der Waals surface area contributed by atoms with Crippen LogP contribution in [-0.4, -0.2) is 48.8 Å². The van der Waals surface area contributed by atoms with Crippen LogP contribution in [0.4, 0.5) is 10.5 Å². The van der Waals surface area contributed by atoms with Crippen LogP contribution < -0.4 is 19.5 Å². The van der Waals surface area contributed by atoms with Crippen molar-refractivity contribution in [3.8, 4) is 17.2 Å². The van der Waals surface area contributed by atoms with Crippen molar-refractivity contribution < 1.29 is 28.6 Å². The van der Waals surface area contributed by atoms with E-state index in [-0.39, 0.29) is 4.91 Å². The molecule has 1 aliphatic heterocycles. The van der Waals surface area contributed by atoms with Crippen molar-refractivity contribution >= 4 is 52.2 Å². The number of unbranched alkanes of at least 4 members (excludes halogenated alkanes) is 1.